The monoisotopic (exact) mass is 405 g/mol. The highest BCUT2D eigenvalue weighted by Gasteiger charge is 2.29. The molecule has 1 saturated heterocycles. The van der Waals surface area contributed by atoms with Crippen LogP contribution in [0.15, 0.2) is 71.5 Å². The highest BCUT2D eigenvalue weighted by Crippen LogP contribution is 2.22. The lowest BCUT2D eigenvalue weighted by molar-refractivity contribution is 0.0644. The number of Topliss-reactive ketones (excluding diaryl/α,β-unsaturated/α-hetero) is 1. The molecule has 30 heavy (non-hydrogen) atoms. The molecule has 3 aromatic rings. The number of nitrogens with zero attached hydrogens (tertiary/aromatic N) is 3. The number of piperidine rings is 1. The van der Waals surface area contributed by atoms with Crippen LogP contribution in [0, 0.1) is 11.7 Å². The number of likely N-dealkylation sites (tertiary alicyclic amines) is 1. The Kier molecular flexibility index (Phi) is 5.52. The fourth-order valence-electron chi connectivity index (χ4n) is 3.64. The number of rotatable bonds is 4. The largest absolute Gasteiger partial charge is 0.337 e. The predicted molar refractivity (Wildman–Crippen MR) is 109 cm³/mol. The summed E-state index contributed by atoms with van der Waals surface area (Å²) in [6.07, 6.45) is 1.16. The van der Waals surface area contributed by atoms with Crippen molar-refractivity contribution in [3.8, 4) is 5.69 Å². The number of benzene rings is 2. The van der Waals surface area contributed by atoms with Gasteiger partial charge in [-0.3, -0.25) is 14.4 Å². The number of hydrogen-bond donors (Lipinski definition) is 0. The molecule has 1 aromatic heterocycles. The minimum atomic E-state index is -0.424. The summed E-state index contributed by atoms with van der Waals surface area (Å²) in [6, 6.07) is 17.2. The van der Waals surface area contributed by atoms with E-state index in [0.717, 1.165) is 4.68 Å². The Balaban J connectivity index is 1.47. The van der Waals surface area contributed by atoms with Gasteiger partial charge in [0.1, 0.15) is 11.5 Å². The average Bonchev–Trinajstić information content (AvgIpc) is 2.80. The summed E-state index contributed by atoms with van der Waals surface area (Å²) in [4.78, 5) is 39.3. The molecule has 0 atom stereocenters. The maximum atomic E-state index is 13.2. The first-order valence-corrected chi connectivity index (χ1v) is 9.78. The molecular formula is C23H20FN3O3. The summed E-state index contributed by atoms with van der Waals surface area (Å²) in [5, 5.41) is 4.17. The van der Waals surface area contributed by atoms with Crippen molar-refractivity contribution >= 4 is 11.7 Å². The topological polar surface area (TPSA) is 72.3 Å². The van der Waals surface area contributed by atoms with Gasteiger partial charge in [0.05, 0.1) is 5.69 Å². The van der Waals surface area contributed by atoms with Crippen molar-refractivity contribution in [2.45, 2.75) is 12.8 Å². The molecule has 1 fully saturated rings. The molecule has 1 amide bonds. The standard InChI is InChI=1S/C23H20FN3O3/c24-18-6-8-19(9-7-18)27-21(28)11-10-20(25-27)23(30)26-14-12-17(13-15-26)22(29)16-4-2-1-3-5-16/h1-11,17H,12-15H2. The molecule has 0 bridgehead atoms. The Hall–Kier alpha value is -3.61. The lowest BCUT2D eigenvalue weighted by Crippen LogP contribution is -2.41. The van der Waals surface area contributed by atoms with Crippen molar-refractivity contribution in [3.63, 3.8) is 0 Å². The number of carbonyl (C=O) groups is 2. The highest BCUT2D eigenvalue weighted by molar-refractivity contribution is 5.98. The number of hydrogen-bond acceptors (Lipinski definition) is 4. The molecule has 0 N–H and O–H groups in total. The summed E-state index contributed by atoms with van der Waals surface area (Å²) in [7, 11) is 0. The summed E-state index contributed by atoms with van der Waals surface area (Å²) in [5.74, 6) is -0.730. The van der Waals surface area contributed by atoms with Gasteiger partial charge >= 0.3 is 0 Å². The third-order valence-electron chi connectivity index (χ3n) is 5.30. The molecular weight excluding hydrogens is 385 g/mol. The number of carbonyl (C=O) groups excluding carboxylic acids is 2. The van der Waals surface area contributed by atoms with Gasteiger partial charge in [-0.1, -0.05) is 30.3 Å². The summed E-state index contributed by atoms with van der Waals surface area (Å²) in [5.41, 5.74) is 0.788. The number of ketones is 1. The van der Waals surface area contributed by atoms with E-state index in [4.69, 9.17) is 0 Å². The van der Waals surface area contributed by atoms with Crippen molar-refractivity contribution in [3.05, 3.63) is 94.2 Å². The molecule has 0 saturated carbocycles. The van der Waals surface area contributed by atoms with E-state index >= 15 is 0 Å². The predicted octanol–water partition coefficient (Wildman–Crippen LogP) is 3.11. The molecule has 6 nitrogen and oxygen atoms in total. The van der Waals surface area contributed by atoms with Crippen molar-refractivity contribution < 1.29 is 14.0 Å². The minimum absolute atomic E-state index is 0.102. The lowest BCUT2D eigenvalue weighted by Gasteiger charge is -2.31. The Morgan fingerprint density at radius 1 is 0.900 bits per heavy atom. The number of aromatic nitrogens is 2. The number of halogens is 1. The van der Waals surface area contributed by atoms with E-state index in [1.807, 2.05) is 30.3 Å². The van der Waals surface area contributed by atoms with Gasteiger partial charge in [-0.2, -0.15) is 9.78 Å². The third-order valence-corrected chi connectivity index (χ3v) is 5.30. The van der Waals surface area contributed by atoms with Gasteiger partial charge in [0.25, 0.3) is 11.5 Å². The van der Waals surface area contributed by atoms with E-state index < -0.39 is 11.4 Å². The Bertz CT molecular complexity index is 1120. The molecule has 4 rings (SSSR count). The number of amides is 1. The quantitative estimate of drug-likeness (QED) is 0.626. The fraction of sp³-hybridized carbons (Fsp3) is 0.217. The van der Waals surface area contributed by atoms with Crippen LogP contribution in [0.25, 0.3) is 5.69 Å². The average molecular weight is 405 g/mol. The Labute approximate surface area is 172 Å². The summed E-state index contributed by atoms with van der Waals surface area (Å²) in [6.45, 7) is 0.888. The smallest absolute Gasteiger partial charge is 0.274 e. The molecule has 1 aliphatic heterocycles. The molecule has 0 aliphatic carbocycles. The lowest BCUT2D eigenvalue weighted by atomic mass is 9.89. The first-order valence-electron chi connectivity index (χ1n) is 9.78. The zero-order chi connectivity index (χ0) is 21.1. The van der Waals surface area contributed by atoms with Crippen molar-refractivity contribution in [1.82, 2.24) is 14.7 Å². The van der Waals surface area contributed by atoms with Crippen LogP contribution in [0.2, 0.25) is 0 Å². The normalized spacial score (nSPS) is 14.5. The molecule has 152 valence electrons. The Morgan fingerprint density at radius 3 is 2.23 bits per heavy atom. The van der Waals surface area contributed by atoms with Crippen LogP contribution in [-0.2, 0) is 0 Å². The zero-order valence-electron chi connectivity index (χ0n) is 16.2. The van der Waals surface area contributed by atoms with E-state index in [2.05, 4.69) is 5.10 Å². The van der Waals surface area contributed by atoms with Crippen LogP contribution in [0.1, 0.15) is 33.7 Å². The van der Waals surface area contributed by atoms with Crippen molar-refractivity contribution in [2.75, 3.05) is 13.1 Å². The SMILES string of the molecule is O=C(c1ccccc1)C1CCN(C(=O)c2ccc(=O)n(-c3ccc(F)cc3)n2)CC1. The second-order valence-electron chi connectivity index (χ2n) is 7.24. The first-order chi connectivity index (χ1) is 14.5. The second-order valence-corrected chi connectivity index (χ2v) is 7.24. The van der Waals surface area contributed by atoms with E-state index in [9.17, 15) is 18.8 Å². The fourth-order valence-corrected chi connectivity index (χ4v) is 3.64. The molecule has 2 heterocycles. The maximum Gasteiger partial charge on any atom is 0.274 e. The molecule has 7 heteroatoms. The van der Waals surface area contributed by atoms with E-state index in [1.54, 1.807) is 4.90 Å². The second kappa shape index (κ2) is 8.41. The van der Waals surface area contributed by atoms with Gasteiger partial charge in [0.15, 0.2) is 5.78 Å². The van der Waals surface area contributed by atoms with Gasteiger partial charge < -0.3 is 4.90 Å². The van der Waals surface area contributed by atoms with Gasteiger partial charge in [-0.05, 0) is 43.2 Å². The van der Waals surface area contributed by atoms with Gasteiger partial charge in [-0.15, -0.1) is 0 Å². The first kappa shape index (κ1) is 19.7. The van der Waals surface area contributed by atoms with Crippen molar-refractivity contribution in [1.29, 1.82) is 0 Å². The van der Waals surface area contributed by atoms with Crippen LogP contribution in [0.4, 0.5) is 4.39 Å². The van der Waals surface area contributed by atoms with Gasteiger partial charge in [-0.25, -0.2) is 4.39 Å². The van der Waals surface area contributed by atoms with Crippen molar-refractivity contribution in [2.24, 2.45) is 5.92 Å². The van der Waals surface area contributed by atoms with Crippen LogP contribution >= 0.6 is 0 Å². The maximum absolute atomic E-state index is 13.2. The van der Waals surface area contributed by atoms with E-state index in [0.29, 0.717) is 37.2 Å². The van der Waals surface area contributed by atoms with E-state index in [1.165, 1.54) is 36.4 Å². The molecule has 0 spiro atoms. The van der Waals surface area contributed by atoms with Crippen LogP contribution in [0.3, 0.4) is 0 Å². The van der Waals surface area contributed by atoms with Crippen LogP contribution in [-0.4, -0.2) is 39.5 Å². The highest BCUT2D eigenvalue weighted by atomic mass is 19.1. The molecule has 0 radical (unpaired) electrons. The molecule has 1 aliphatic rings. The van der Waals surface area contributed by atoms with Crippen LogP contribution < -0.4 is 5.56 Å². The molecule has 2 aromatic carbocycles. The van der Waals surface area contributed by atoms with Gasteiger partial charge in [0.2, 0.25) is 0 Å². The van der Waals surface area contributed by atoms with Crippen LogP contribution in [0.5, 0.6) is 0 Å². The summed E-state index contributed by atoms with van der Waals surface area (Å²) < 4.78 is 14.2. The zero-order valence-corrected chi connectivity index (χ0v) is 16.2. The van der Waals surface area contributed by atoms with E-state index in [-0.39, 0.29) is 23.3 Å². The van der Waals surface area contributed by atoms with Gasteiger partial charge in [0, 0.05) is 30.6 Å². The Morgan fingerprint density at radius 2 is 1.57 bits per heavy atom. The minimum Gasteiger partial charge on any atom is -0.337 e. The summed E-state index contributed by atoms with van der Waals surface area (Å²) >= 11 is 0. The third kappa shape index (κ3) is 4.05. The molecule has 0 unspecified atom stereocenters.